The van der Waals surface area contributed by atoms with Crippen LogP contribution in [0.2, 0.25) is 0 Å². The zero-order valence-electron chi connectivity index (χ0n) is 15.2. The zero-order chi connectivity index (χ0) is 16.8. The minimum atomic E-state index is 0.172. The summed E-state index contributed by atoms with van der Waals surface area (Å²) in [6, 6.07) is 0.172. The van der Waals surface area contributed by atoms with E-state index in [1.165, 1.54) is 44.9 Å². The fraction of sp³-hybridized carbons (Fsp3) is 0.850. The van der Waals surface area contributed by atoms with Crippen LogP contribution in [0.25, 0.3) is 0 Å². The highest BCUT2D eigenvalue weighted by atomic mass is 16.2. The Labute approximate surface area is 150 Å². The first-order valence-electron chi connectivity index (χ1n) is 10.5. The van der Waals surface area contributed by atoms with Gasteiger partial charge in [0.15, 0.2) is 5.82 Å². The molecule has 3 heterocycles. The number of carbonyl (C=O) groups excluding carboxylic acids is 1. The van der Waals surface area contributed by atoms with Gasteiger partial charge in [0.2, 0.25) is 5.91 Å². The Morgan fingerprint density at radius 3 is 2.80 bits per heavy atom. The van der Waals surface area contributed by atoms with Gasteiger partial charge in [-0.05, 0) is 62.7 Å². The standard InChI is InChI=1S/C20H30N4O/c25-19(13-16-12-14-7-8-15(16)11-14)23-10-4-5-17(23)20-22-21-18-6-2-1-3-9-24(18)20/h14-17H,1-13H2/t14-,15-,16+,17+/m0/s1. The van der Waals surface area contributed by atoms with Crippen molar-refractivity contribution in [3.05, 3.63) is 11.6 Å². The minimum absolute atomic E-state index is 0.172. The average molecular weight is 342 g/mol. The van der Waals surface area contributed by atoms with E-state index in [9.17, 15) is 4.79 Å². The molecule has 3 fully saturated rings. The second kappa shape index (κ2) is 6.40. The van der Waals surface area contributed by atoms with E-state index in [-0.39, 0.29) is 6.04 Å². The van der Waals surface area contributed by atoms with Crippen LogP contribution in [0.3, 0.4) is 0 Å². The van der Waals surface area contributed by atoms with Gasteiger partial charge in [0.1, 0.15) is 5.82 Å². The van der Waals surface area contributed by atoms with Crippen molar-refractivity contribution in [1.82, 2.24) is 19.7 Å². The Morgan fingerprint density at radius 1 is 1.00 bits per heavy atom. The summed E-state index contributed by atoms with van der Waals surface area (Å²) in [6.07, 6.45) is 13.2. The summed E-state index contributed by atoms with van der Waals surface area (Å²) >= 11 is 0. The number of aryl methyl sites for hydroxylation is 1. The van der Waals surface area contributed by atoms with Gasteiger partial charge in [-0.3, -0.25) is 4.79 Å². The van der Waals surface area contributed by atoms with Crippen LogP contribution in [-0.2, 0) is 17.8 Å². The van der Waals surface area contributed by atoms with E-state index in [2.05, 4.69) is 19.7 Å². The molecule has 5 rings (SSSR count). The molecular formula is C20H30N4O. The van der Waals surface area contributed by atoms with E-state index in [1.54, 1.807) is 0 Å². The van der Waals surface area contributed by atoms with Gasteiger partial charge in [0.25, 0.3) is 0 Å². The van der Waals surface area contributed by atoms with Crippen LogP contribution < -0.4 is 0 Å². The van der Waals surface area contributed by atoms with Gasteiger partial charge in [-0.25, -0.2) is 0 Å². The Bertz CT molecular complexity index is 654. The second-order valence-corrected chi connectivity index (χ2v) is 8.82. The maximum atomic E-state index is 13.1. The summed E-state index contributed by atoms with van der Waals surface area (Å²) in [5.41, 5.74) is 0. The van der Waals surface area contributed by atoms with Crippen molar-refractivity contribution < 1.29 is 4.79 Å². The van der Waals surface area contributed by atoms with E-state index in [4.69, 9.17) is 0 Å². The molecule has 0 N–H and O–H groups in total. The first kappa shape index (κ1) is 15.8. The second-order valence-electron chi connectivity index (χ2n) is 8.82. The molecule has 1 saturated heterocycles. The van der Waals surface area contributed by atoms with Crippen LogP contribution in [0.15, 0.2) is 0 Å². The third kappa shape index (κ3) is 2.80. The number of rotatable bonds is 3. The first-order valence-corrected chi connectivity index (χ1v) is 10.5. The molecular weight excluding hydrogens is 312 g/mol. The molecule has 0 radical (unpaired) electrons. The highest BCUT2D eigenvalue weighted by Crippen LogP contribution is 2.50. The van der Waals surface area contributed by atoms with Gasteiger partial charge in [-0.1, -0.05) is 12.8 Å². The molecule has 4 aliphatic rings. The Balaban J connectivity index is 1.32. The smallest absolute Gasteiger partial charge is 0.223 e. The third-order valence-corrected chi connectivity index (χ3v) is 7.33. The van der Waals surface area contributed by atoms with Crippen LogP contribution in [0.1, 0.15) is 81.9 Å². The van der Waals surface area contributed by atoms with Crippen LogP contribution >= 0.6 is 0 Å². The summed E-state index contributed by atoms with van der Waals surface area (Å²) in [5.74, 6) is 4.99. The molecule has 25 heavy (non-hydrogen) atoms. The zero-order valence-corrected chi connectivity index (χ0v) is 15.2. The van der Waals surface area contributed by atoms with Gasteiger partial charge >= 0.3 is 0 Å². The number of amides is 1. The SMILES string of the molecule is O=C(C[C@H]1C[C@H]2CC[C@H]1C2)N1CCC[C@@H]1c1nnc2n1CCCCC2. The van der Waals surface area contributed by atoms with Crippen molar-refractivity contribution in [1.29, 1.82) is 0 Å². The summed E-state index contributed by atoms with van der Waals surface area (Å²) < 4.78 is 2.33. The van der Waals surface area contributed by atoms with Gasteiger partial charge in [0, 0.05) is 25.9 Å². The van der Waals surface area contributed by atoms with E-state index < -0.39 is 0 Å². The lowest BCUT2D eigenvalue weighted by Crippen LogP contribution is -2.34. The van der Waals surface area contributed by atoms with Crippen molar-refractivity contribution in [3.63, 3.8) is 0 Å². The monoisotopic (exact) mass is 342 g/mol. The van der Waals surface area contributed by atoms with Gasteiger partial charge < -0.3 is 9.47 Å². The van der Waals surface area contributed by atoms with Crippen molar-refractivity contribution in [2.75, 3.05) is 6.54 Å². The number of aromatic nitrogens is 3. The molecule has 2 aliphatic carbocycles. The van der Waals surface area contributed by atoms with Crippen LogP contribution in [-0.4, -0.2) is 32.1 Å². The van der Waals surface area contributed by atoms with Crippen molar-refractivity contribution in [2.24, 2.45) is 17.8 Å². The summed E-state index contributed by atoms with van der Waals surface area (Å²) in [5, 5.41) is 9.01. The first-order chi connectivity index (χ1) is 12.3. The predicted octanol–water partition coefficient (Wildman–Crippen LogP) is 3.49. The summed E-state index contributed by atoms with van der Waals surface area (Å²) in [4.78, 5) is 15.2. The highest BCUT2D eigenvalue weighted by Gasteiger charge is 2.42. The van der Waals surface area contributed by atoms with Crippen molar-refractivity contribution >= 4 is 5.91 Å². The number of hydrogen-bond acceptors (Lipinski definition) is 3. The maximum Gasteiger partial charge on any atom is 0.223 e. The molecule has 136 valence electrons. The highest BCUT2D eigenvalue weighted by molar-refractivity contribution is 5.77. The molecule has 0 aromatic carbocycles. The summed E-state index contributed by atoms with van der Waals surface area (Å²) in [6.45, 7) is 1.94. The van der Waals surface area contributed by atoms with Crippen molar-refractivity contribution in [3.8, 4) is 0 Å². The quantitative estimate of drug-likeness (QED) is 0.845. The van der Waals surface area contributed by atoms with E-state index in [0.717, 1.165) is 62.3 Å². The van der Waals surface area contributed by atoms with E-state index in [1.807, 2.05) is 0 Å². The maximum absolute atomic E-state index is 13.1. The predicted molar refractivity (Wildman–Crippen MR) is 94.8 cm³/mol. The van der Waals surface area contributed by atoms with E-state index >= 15 is 0 Å². The van der Waals surface area contributed by atoms with Gasteiger partial charge in [-0.2, -0.15) is 0 Å². The van der Waals surface area contributed by atoms with Crippen LogP contribution in [0.4, 0.5) is 0 Å². The van der Waals surface area contributed by atoms with Gasteiger partial charge in [0.05, 0.1) is 6.04 Å². The Kier molecular flexibility index (Phi) is 4.05. The third-order valence-electron chi connectivity index (χ3n) is 7.33. The molecule has 4 atom stereocenters. The Hall–Kier alpha value is -1.39. The molecule has 0 spiro atoms. The van der Waals surface area contributed by atoms with Crippen LogP contribution in [0, 0.1) is 17.8 Å². The van der Waals surface area contributed by atoms with E-state index in [0.29, 0.717) is 11.8 Å². The molecule has 2 aliphatic heterocycles. The number of fused-ring (bicyclic) bond motifs is 3. The Morgan fingerprint density at radius 2 is 1.96 bits per heavy atom. The minimum Gasteiger partial charge on any atom is -0.332 e. The molecule has 0 unspecified atom stereocenters. The lowest BCUT2D eigenvalue weighted by atomic mass is 9.86. The lowest BCUT2D eigenvalue weighted by Gasteiger charge is -2.28. The van der Waals surface area contributed by atoms with Crippen molar-refractivity contribution in [2.45, 2.75) is 83.2 Å². The van der Waals surface area contributed by atoms with Crippen LogP contribution in [0.5, 0.6) is 0 Å². The molecule has 5 heteroatoms. The molecule has 2 bridgehead atoms. The topological polar surface area (TPSA) is 51.0 Å². The van der Waals surface area contributed by atoms with Gasteiger partial charge in [-0.15, -0.1) is 10.2 Å². The lowest BCUT2D eigenvalue weighted by molar-refractivity contribution is -0.133. The fourth-order valence-electron chi connectivity index (χ4n) is 6.06. The molecule has 5 nitrogen and oxygen atoms in total. The number of nitrogens with zero attached hydrogens (tertiary/aromatic N) is 4. The normalized spacial score (nSPS) is 34.3. The fourth-order valence-corrected chi connectivity index (χ4v) is 6.06. The molecule has 1 aromatic heterocycles. The number of carbonyl (C=O) groups is 1. The molecule has 1 aromatic rings. The largest absolute Gasteiger partial charge is 0.332 e. The molecule has 2 saturated carbocycles. The summed E-state index contributed by atoms with van der Waals surface area (Å²) in [7, 11) is 0. The molecule has 1 amide bonds. The number of hydrogen-bond donors (Lipinski definition) is 0. The average Bonchev–Trinajstić information content (AvgIpc) is 3.37. The number of likely N-dealkylation sites (tertiary alicyclic amines) is 1.